The van der Waals surface area contributed by atoms with Gasteiger partial charge in [-0.25, -0.2) is 17.6 Å². The molecular formula is C16H19F4IN4. The fraction of sp³-hybridized carbons (Fsp3) is 0.312. The van der Waals surface area contributed by atoms with Crippen LogP contribution >= 0.6 is 24.0 Å². The number of aryl methyl sites for hydroxylation is 1. The minimum atomic E-state index is -1.43. The Kier molecular flexibility index (Phi) is 7.71. The molecule has 2 rings (SSSR count). The van der Waals surface area contributed by atoms with Gasteiger partial charge in [-0.2, -0.15) is 0 Å². The second-order valence-electron chi connectivity index (χ2n) is 5.31. The number of rotatable bonds is 4. The highest BCUT2D eigenvalue weighted by atomic mass is 127. The SMILES string of the molecule is CN=C(NCc1c(F)c(F)cc(F)c1F)N(C)Cc1cccn1C.I. The van der Waals surface area contributed by atoms with Crippen LogP contribution in [0.3, 0.4) is 0 Å². The van der Waals surface area contributed by atoms with E-state index in [-0.39, 0.29) is 30.0 Å². The van der Waals surface area contributed by atoms with E-state index in [4.69, 9.17) is 0 Å². The average Bonchev–Trinajstić information content (AvgIpc) is 2.94. The van der Waals surface area contributed by atoms with Crippen LogP contribution in [-0.2, 0) is 20.1 Å². The zero-order chi connectivity index (χ0) is 17.9. The van der Waals surface area contributed by atoms with E-state index < -0.39 is 35.4 Å². The van der Waals surface area contributed by atoms with Gasteiger partial charge in [0.2, 0.25) is 0 Å². The van der Waals surface area contributed by atoms with E-state index in [9.17, 15) is 17.6 Å². The summed E-state index contributed by atoms with van der Waals surface area (Å²) >= 11 is 0. The fourth-order valence-corrected chi connectivity index (χ4v) is 2.31. The number of hydrogen-bond acceptors (Lipinski definition) is 1. The Labute approximate surface area is 160 Å². The Morgan fingerprint density at radius 2 is 1.80 bits per heavy atom. The summed E-state index contributed by atoms with van der Waals surface area (Å²) in [5, 5.41) is 2.71. The summed E-state index contributed by atoms with van der Waals surface area (Å²) in [5.41, 5.74) is 0.288. The molecule has 25 heavy (non-hydrogen) atoms. The van der Waals surface area contributed by atoms with Crippen molar-refractivity contribution in [2.45, 2.75) is 13.1 Å². The smallest absolute Gasteiger partial charge is 0.194 e. The normalized spacial score (nSPS) is 11.2. The lowest BCUT2D eigenvalue weighted by Crippen LogP contribution is -2.38. The minimum Gasteiger partial charge on any atom is -0.353 e. The van der Waals surface area contributed by atoms with Gasteiger partial charge >= 0.3 is 0 Å². The van der Waals surface area contributed by atoms with Crippen LogP contribution in [-0.4, -0.2) is 29.5 Å². The quantitative estimate of drug-likeness (QED) is 0.244. The molecule has 0 amide bonds. The first-order chi connectivity index (χ1) is 11.3. The number of hydrogen-bond donors (Lipinski definition) is 1. The van der Waals surface area contributed by atoms with Crippen LogP contribution in [0.15, 0.2) is 29.4 Å². The topological polar surface area (TPSA) is 32.6 Å². The molecule has 0 radical (unpaired) electrons. The lowest BCUT2D eigenvalue weighted by Gasteiger charge is -2.22. The number of guanidine groups is 1. The third-order valence-electron chi connectivity index (χ3n) is 3.65. The van der Waals surface area contributed by atoms with E-state index in [0.717, 1.165) is 5.69 Å². The number of nitrogens with zero attached hydrogens (tertiary/aromatic N) is 3. The zero-order valence-electron chi connectivity index (χ0n) is 14.0. The van der Waals surface area contributed by atoms with Gasteiger partial charge in [0.15, 0.2) is 29.2 Å². The Hall–Kier alpha value is -1.78. The average molecular weight is 470 g/mol. The predicted octanol–water partition coefficient (Wildman–Crippen LogP) is 3.41. The zero-order valence-corrected chi connectivity index (χ0v) is 16.3. The second-order valence-corrected chi connectivity index (χ2v) is 5.31. The summed E-state index contributed by atoms with van der Waals surface area (Å²) in [6.45, 7) is 0.0577. The Balaban J connectivity index is 0.00000312. The summed E-state index contributed by atoms with van der Waals surface area (Å²) in [7, 11) is 5.13. The van der Waals surface area contributed by atoms with E-state index in [1.54, 1.807) is 11.9 Å². The first kappa shape index (κ1) is 21.3. The highest BCUT2D eigenvalue weighted by molar-refractivity contribution is 14.0. The molecule has 0 fully saturated rings. The number of aliphatic imine (C=N–C) groups is 1. The van der Waals surface area contributed by atoms with E-state index in [2.05, 4.69) is 10.3 Å². The molecule has 0 atom stereocenters. The molecule has 0 aliphatic rings. The van der Waals surface area contributed by atoms with Crippen LogP contribution in [0.1, 0.15) is 11.3 Å². The maximum absolute atomic E-state index is 13.7. The molecule has 0 aliphatic heterocycles. The second kappa shape index (κ2) is 9.07. The molecule has 138 valence electrons. The molecule has 9 heteroatoms. The molecule has 2 aromatic rings. The van der Waals surface area contributed by atoms with Gasteiger partial charge in [0.1, 0.15) is 0 Å². The number of aromatic nitrogens is 1. The van der Waals surface area contributed by atoms with Gasteiger partial charge < -0.3 is 14.8 Å². The number of nitrogens with one attached hydrogen (secondary N) is 1. The van der Waals surface area contributed by atoms with Gasteiger partial charge in [-0.1, -0.05) is 0 Å². The maximum atomic E-state index is 13.7. The number of benzene rings is 1. The van der Waals surface area contributed by atoms with Gasteiger partial charge in [0, 0.05) is 51.2 Å². The molecular weight excluding hydrogens is 451 g/mol. The predicted molar refractivity (Wildman–Crippen MR) is 98.8 cm³/mol. The standard InChI is InChI=1S/C16H18F4N4.HI/c1-21-16(24(3)9-10-5-4-6-23(10)2)22-8-11-14(19)12(17)7-13(18)15(11)20;/h4-7H,8-9H2,1-3H3,(H,21,22);1H. The molecule has 1 aromatic carbocycles. The van der Waals surface area contributed by atoms with Gasteiger partial charge in [-0.15, -0.1) is 24.0 Å². The molecule has 1 heterocycles. The van der Waals surface area contributed by atoms with Crippen molar-refractivity contribution in [1.29, 1.82) is 0 Å². The van der Waals surface area contributed by atoms with Crippen LogP contribution in [0, 0.1) is 23.3 Å². The van der Waals surface area contributed by atoms with Gasteiger partial charge in [0.05, 0.1) is 6.54 Å². The first-order valence-corrected chi connectivity index (χ1v) is 7.19. The fourth-order valence-electron chi connectivity index (χ4n) is 2.31. The number of halogens is 5. The van der Waals surface area contributed by atoms with Crippen LogP contribution in [0.4, 0.5) is 17.6 Å². The largest absolute Gasteiger partial charge is 0.353 e. The van der Waals surface area contributed by atoms with Crippen molar-refractivity contribution in [1.82, 2.24) is 14.8 Å². The molecule has 1 N–H and O–H groups in total. The summed E-state index contributed by atoms with van der Waals surface area (Å²) in [4.78, 5) is 5.73. The van der Waals surface area contributed by atoms with Crippen molar-refractivity contribution < 1.29 is 17.6 Å². The summed E-state index contributed by atoms with van der Waals surface area (Å²) in [5.74, 6) is -5.36. The van der Waals surface area contributed by atoms with Crippen LogP contribution in [0.2, 0.25) is 0 Å². The Bertz CT molecular complexity index is 735. The third-order valence-corrected chi connectivity index (χ3v) is 3.65. The molecule has 0 bridgehead atoms. The maximum Gasteiger partial charge on any atom is 0.194 e. The van der Waals surface area contributed by atoms with E-state index in [0.29, 0.717) is 12.5 Å². The highest BCUT2D eigenvalue weighted by Gasteiger charge is 2.19. The highest BCUT2D eigenvalue weighted by Crippen LogP contribution is 2.19. The van der Waals surface area contributed by atoms with E-state index >= 15 is 0 Å². The van der Waals surface area contributed by atoms with Crippen LogP contribution < -0.4 is 5.32 Å². The Morgan fingerprint density at radius 3 is 2.28 bits per heavy atom. The summed E-state index contributed by atoms with van der Waals surface area (Å²) < 4.78 is 55.7. The van der Waals surface area contributed by atoms with Crippen LogP contribution in [0.25, 0.3) is 0 Å². The van der Waals surface area contributed by atoms with Crippen LogP contribution in [0.5, 0.6) is 0 Å². The lowest BCUT2D eigenvalue weighted by atomic mass is 10.2. The lowest BCUT2D eigenvalue weighted by molar-refractivity contribution is 0.430. The van der Waals surface area contributed by atoms with E-state index in [1.807, 2.05) is 29.9 Å². The molecule has 1 aromatic heterocycles. The van der Waals surface area contributed by atoms with Crippen molar-refractivity contribution in [3.8, 4) is 0 Å². The third kappa shape index (κ3) is 4.86. The van der Waals surface area contributed by atoms with Gasteiger partial charge in [0.25, 0.3) is 0 Å². The van der Waals surface area contributed by atoms with Crippen molar-refractivity contribution in [2.24, 2.45) is 12.0 Å². The Morgan fingerprint density at radius 1 is 1.20 bits per heavy atom. The van der Waals surface area contributed by atoms with Gasteiger partial charge in [-0.3, -0.25) is 4.99 Å². The minimum absolute atomic E-state index is 0. The molecule has 4 nitrogen and oxygen atoms in total. The molecule has 0 unspecified atom stereocenters. The summed E-state index contributed by atoms with van der Waals surface area (Å²) in [6, 6.07) is 4.00. The monoisotopic (exact) mass is 470 g/mol. The summed E-state index contributed by atoms with van der Waals surface area (Å²) in [6.07, 6.45) is 1.89. The first-order valence-electron chi connectivity index (χ1n) is 7.19. The van der Waals surface area contributed by atoms with Crippen molar-refractivity contribution in [3.63, 3.8) is 0 Å². The molecule has 0 aliphatic carbocycles. The van der Waals surface area contributed by atoms with Crippen molar-refractivity contribution in [2.75, 3.05) is 14.1 Å². The van der Waals surface area contributed by atoms with E-state index in [1.165, 1.54) is 7.05 Å². The molecule has 0 spiro atoms. The van der Waals surface area contributed by atoms with Gasteiger partial charge in [-0.05, 0) is 12.1 Å². The molecule has 0 saturated heterocycles. The van der Waals surface area contributed by atoms with Crippen molar-refractivity contribution in [3.05, 3.63) is 58.9 Å². The van der Waals surface area contributed by atoms with Crippen molar-refractivity contribution >= 4 is 29.9 Å². The molecule has 0 saturated carbocycles.